The van der Waals surface area contributed by atoms with Gasteiger partial charge in [0.05, 0.1) is 11.1 Å². The standard InChI is InChI=1S/C12H14ClFO/c13-10-5-4-9(7-11(10)14)12(15)6-8-2-1-3-8/h4-5,7-8,12,15H,1-3,6H2. The minimum Gasteiger partial charge on any atom is -0.388 e. The number of hydrogen-bond acceptors (Lipinski definition) is 1. The molecular formula is C12H14ClFO. The largest absolute Gasteiger partial charge is 0.388 e. The lowest BCUT2D eigenvalue weighted by molar-refractivity contribution is 0.118. The summed E-state index contributed by atoms with van der Waals surface area (Å²) in [6.45, 7) is 0. The number of aliphatic hydroxyl groups excluding tert-OH is 1. The molecule has 0 saturated heterocycles. The monoisotopic (exact) mass is 228 g/mol. The lowest BCUT2D eigenvalue weighted by atomic mass is 9.80. The molecule has 0 heterocycles. The lowest BCUT2D eigenvalue weighted by Gasteiger charge is -2.27. The van der Waals surface area contributed by atoms with Crippen LogP contribution in [-0.2, 0) is 0 Å². The van der Waals surface area contributed by atoms with Crippen LogP contribution >= 0.6 is 11.6 Å². The number of hydrogen-bond donors (Lipinski definition) is 1. The van der Waals surface area contributed by atoms with Crippen LogP contribution in [0.25, 0.3) is 0 Å². The van der Waals surface area contributed by atoms with Gasteiger partial charge >= 0.3 is 0 Å². The maximum Gasteiger partial charge on any atom is 0.142 e. The molecule has 0 bridgehead atoms. The molecule has 15 heavy (non-hydrogen) atoms. The van der Waals surface area contributed by atoms with Gasteiger partial charge in [0.1, 0.15) is 5.82 Å². The van der Waals surface area contributed by atoms with Crippen LogP contribution in [0, 0.1) is 11.7 Å². The number of aliphatic hydroxyl groups is 1. The van der Waals surface area contributed by atoms with Crippen LogP contribution in [-0.4, -0.2) is 5.11 Å². The third-order valence-corrected chi connectivity index (χ3v) is 3.42. The van der Waals surface area contributed by atoms with E-state index < -0.39 is 11.9 Å². The maximum absolute atomic E-state index is 13.1. The molecule has 2 rings (SSSR count). The summed E-state index contributed by atoms with van der Waals surface area (Å²) in [5.41, 5.74) is 0.629. The Morgan fingerprint density at radius 2 is 2.20 bits per heavy atom. The zero-order valence-corrected chi connectivity index (χ0v) is 9.17. The van der Waals surface area contributed by atoms with Crippen LogP contribution in [0.1, 0.15) is 37.4 Å². The normalized spacial score (nSPS) is 18.6. The van der Waals surface area contributed by atoms with Crippen molar-refractivity contribution in [2.75, 3.05) is 0 Å². The van der Waals surface area contributed by atoms with Gasteiger partial charge in [-0.25, -0.2) is 4.39 Å². The van der Waals surface area contributed by atoms with Gasteiger partial charge in [-0.3, -0.25) is 0 Å². The molecule has 1 nitrogen and oxygen atoms in total. The smallest absolute Gasteiger partial charge is 0.142 e. The van der Waals surface area contributed by atoms with E-state index in [0.717, 1.165) is 6.42 Å². The average molecular weight is 229 g/mol. The highest BCUT2D eigenvalue weighted by Crippen LogP contribution is 2.35. The Labute approximate surface area is 93.9 Å². The van der Waals surface area contributed by atoms with Crippen molar-refractivity contribution < 1.29 is 9.50 Å². The summed E-state index contributed by atoms with van der Waals surface area (Å²) in [6, 6.07) is 4.51. The first-order valence-electron chi connectivity index (χ1n) is 5.30. The molecule has 0 aliphatic heterocycles. The maximum atomic E-state index is 13.1. The van der Waals surface area contributed by atoms with E-state index in [2.05, 4.69) is 0 Å². The Morgan fingerprint density at radius 1 is 1.47 bits per heavy atom. The second-order valence-corrected chi connectivity index (χ2v) is 4.63. The van der Waals surface area contributed by atoms with E-state index >= 15 is 0 Å². The van der Waals surface area contributed by atoms with E-state index in [0.29, 0.717) is 11.5 Å². The quantitative estimate of drug-likeness (QED) is 0.837. The van der Waals surface area contributed by atoms with Crippen molar-refractivity contribution >= 4 is 11.6 Å². The molecule has 1 atom stereocenters. The fourth-order valence-electron chi connectivity index (χ4n) is 1.90. The minimum absolute atomic E-state index is 0.106. The first kappa shape index (κ1) is 10.9. The molecule has 82 valence electrons. The average Bonchev–Trinajstić information content (AvgIpc) is 2.15. The Kier molecular flexibility index (Phi) is 3.27. The summed E-state index contributed by atoms with van der Waals surface area (Å²) in [7, 11) is 0. The summed E-state index contributed by atoms with van der Waals surface area (Å²) in [4.78, 5) is 0. The van der Waals surface area contributed by atoms with Gasteiger partial charge in [-0.2, -0.15) is 0 Å². The molecule has 1 aromatic carbocycles. The van der Waals surface area contributed by atoms with Crippen molar-refractivity contribution in [1.29, 1.82) is 0 Å². The molecule has 1 aliphatic rings. The SMILES string of the molecule is OC(CC1CCC1)c1ccc(Cl)c(F)c1. The van der Waals surface area contributed by atoms with E-state index in [1.807, 2.05) is 0 Å². The molecular weight excluding hydrogens is 215 g/mol. The van der Waals surface area contributed by atoms with E-state index in [1.54, 1.807) is 6.07 Å². The summed E-state index contributed by atoms with van der Waals surface area (Å²) >= 11 is 5.57. The molecule has 3 heteroatoms. The number of halogens is 2. The Hall–Kier alpha value is -0.600. The highest BCUT2D eigenvalue weighted by atomic mass is 35.5. The second kappa shape index (κ2) is 4.50. The van der Waals surface area contributed by atoms with Gasteiger partial charge in [-0.15, -0.1) is 0 Å². The lowest BCUT2D eigenvalue weighted by Crippen LogP contribution is -2.14. The molecule has 1 aromatic rings. The van der Waals surface area contributed by atoms with Crippen molar-refractivity contribution in [2.24, 2.45) is 5.92 Å². The Morgan fingerprint density at radius 3 is 2.73 bits per heavy atom. The van der Waals surface area contributed by atoms with Crippen LogP contribution in [0.4, 0.5) is 4.39 Å². The third kappa shape index (κ3) is 2.50. The van der Waals surface area contributed by atoms with Gasteiger partial charge in [-0.1, -0.05) is 36.9 Å². The summed E-state index contributed by atoms with van der Waals surface area (Å²) < 4.78 is 13.1. The topological polar surface area (TPSA) is 20.2 Å². The van der Waals surface area contributed by atoms with Crippen LogP contribution in [0.2, 0.25) is 5.02 Å². The first-order chi connectivity index (χ1) is 7.16. The second-order valence-electron chi connectivity index (χ2n) is 4.22. The molecule has 1 fully saturated rings. The van der Waals surface area contributed by atoms with Crippen molar-refractivity contribution in [3.8, 4) is 0 Å². The van der Waals surface area contributed by atoms with Gasteiger partial charge < -0.3 is 5.11 Å². The van der Waals surface area contributed by atoms with Crippen molar-refractivity contribution in [1.82, 2.24) is 0 Å². The zero-order valence-electron chi connectivity index (χ0n) is 8.42. The molecule has 0 aromatic heterocycles. The van der Waals surface area contributed by atoms with Crippen molar-refractivity contribution in [3.63, 3.8) is 0 Å². The highest BCUT2D eigenvalue weighted by Gasteiger charge is 2.22. The van der Waals surface area contributed by atoms with E-state index in [4.69, 9.17) is 11.6 Å². The van der Waals surface area contributed by atoms with Gasteiger partial charge in [-0.05, 0) is 30.0 Å². The van der Waals surface area contributed by atoms with Crippen LogP contribution < -0.4 is 0 Å². The van der Waals surface area contributed by atoms with Crippen molar-refractivity contribution in [3.05, 3.63) is 34.6 Å². The van der Waals surface area contributed by atoms with Gasteiger partial charge in [0.15, 0.2) is 0 Å². The summed E-state index contributed by atoms with van der Waals surface area (Å²) in [6.07, 6.45) is 3.82. The van der Waals surface area contributed by atoms with Crippen LogP contribution in [0.3, 0.4) is 0 Å². The van der Waals surface area contributed by atoms with Crippen LogP contribution in [0.5, 0.6) is 0 Å². The van der Waals surface area contributed by atoms with E-state index in [-0.39, 0.29) is 5.02 Å². The minimum atomic E-state index is -0.554. The zero-order chi connectivity index (χ0) is 10.8. The van der Waals surface area contributed by atoms with Gasteiger partial charge in [0.2, 0.25) is 0 Å². The summed E-state index contributed by atoms with van der Waals surface area (Å²) in [5.74, 6) is 0.153. The Bertz CT molecular complexity index is 349. The van der Waals surface area contributed by atoms with Crippen molar-refractivity contribution in [2.45, 2.75) is 31.8 Å². The van der Waals surface area contributed by atoms with E-state index in [9.17, 15) is 9.50 Å². The fraction of sp³-hybridized carbons (Fsp3) is 0.500. The predicted octanol–water partition coefficient (Wildman–Crippen LogP) is 3.70. The third-order valence-electron chi connectivity index (χ3n) is 3.11. The molecule has 1 saturated carbocycles. The van der Waals surface area contributed by atoms with Gasteiger partial charge in [0, 0.05) is 0 Å². The van der Waals surface area contributed by atoms with E-state index in [1.165, 1.54) is 31.4 Å². The fourth-order valence-corrected chi connectivity index (χ4v) is 2.02. The van der Waals surface area contributed by atoms with Crippen LogP contribution in [0.15, 0.2) is 18.2 Å². The Balaban J connectivity index is 2.03. The molecule has 1 aliphatic carbocycles. The molecule has 1 unspecified atom stereocenters. The molecule has 0 radical (unpaired) electrons. The molecule has 1 N–H and O–H groups in total. The summed E-state index contributed by atoms with van der Waals surface area (Å²) in [5, 5.41) is 9.97. The first-order valence-corrected chi connectivity index (χ1v) is 5.67. The number of rotatable bonds is 3. The van der Waals surface area contributed by atoms with Gasteiger partial charge in [0.25, 0.3) is 0 Å². The molecule has 0 amide bonds. The number of benzene rings is 1. The predicted molar refractivity (Wildman–Crippen MR) is 58.3 cm³/mol. The molecule has 0 spiro atoms. The highest BCUT2D eigenvalue weighted by molar-refractivity contribution is 6.30.